The van der Waals surface area contributed by atoms with E-state index in [2.05, 4.69) is 45.9 Å². The molecule has 2 aliphatic rings. The molecule has 0 radical (unpaired) electrons. The van der Waals surface area contributed by atoms with E-state index in [0.717, 1.165) is 63.6 Å². The molecule has 2 fully saturated rings. The highest BCUT2D eigenvalue weighted by Crippen LogP contribution is 2.19. The molecule has 2 saturated heterocycles. The molecule has 4 rings (SSSR count). The second kappa shape index (κ2) is 12.2. The Morgan fingerprint density at radius 2 is 2.00 bits per heavy atom. The van der Waals surface area contributed by atoms with E-state index in [1.54, 1.807) is 6.26 Å². The first kappa shape index (κ1) is 22.9. The van der Waals surface area contributed by atoms with E-state index in [0.29, 0.717) is 12.6 Å². The minimum atomic E-state index is 0. The number of furan rings is 1. The molecule has 0 bridgehead atoms. The predicted octanol–water partition coefficient (Wildman–Crippen LogP) is 3.82. The predicted molar refractivity (Wildman–Crippen MR) is 132 cm³/mol. The van der Waals surface area contributed by atoms with Crippen LogP contribution in [0.15, 0.2) is 58.1 Å². The van der Waals surface area contributed by atoms with Gasteiger partial charge in [-0.15, -0.1) is 24.0 Å². The van der Waals surface area contributed by atoms with E-state index in [4.69, 9.17) is 14.1 Å². The summed E-state index contributed by atoms with van der Waals surface area (Å²) in [4.78, 5) is 7.30. The van der Waals surface area contributed by atoms with Crippen LogP contribution < -0.4 is 15.5 Å². The topological polar surface area (TPSA) is 62.0 Å². The monoisotopic (exact) mass is 524 g/mol. The fourth-order valence-electron chi connectivity index (χ4n) is 4.05. The molecule has 2 atom stereocenters. The number of nitrogens with one attached hydrogen (secondary N) is 2. The van der Waals surface area contributed by atoms with Gasteiger partial charge >= 0.3 is 0 Å². The van der Waals surface area contributed by atoms with Crippen molar-refractivity contribution in [1.82, 2.24) is 10.6 Å². The van der Waals surface area contributed by atoms with Gasteiger partial charge in [-0.2, -0.15) is 0 Å². The van der Waals surface area contributed by atoms with Crippen molar-refractivity contribution in [3.8, 4) is 0 Å². The highest BCUT2D eigenvalue weighted by Gasteiger charge is 2.21. The Hall–Kier alpha value is -1.74. The third-order valence-corrected chi connectivity index (χ3v) is 5.60. The van der Waals surface area contributed by atoms with Gasteiger partial charge in [0, 0.05) is 44.4 Å². The van der Waals surface area contributed by atoms with Gasteiger partial charge in [-0.3, -0.25) is 4.99 Å². The van der Waals surface area contributed by atoms with E-state index >= 15 is 0 Å². The lowest BCUT2D eigenvalue weighted by molar-refractivity contribution is 0.117. The average molecular weight is 524 g/mol. The van der Waals surface area contributed by atoms with Crippen LogP contribution in [0.4, 0.5) is 5.69 Å². The van der Waals surface area contributed by atoms with Gasteiger partial charge in [-0.1, -0.05) is 18.2 Å². The van der Waals surface area contributed by atoms with Crippen molar-refractivity contribution >= 4 is 35.6 Å². The first-order valence-electron chi connectivity index (χ1n) is 10.9. The fourth-order valence-corrected chi connectivity index (χ4v) is 4.05. The van der Waals surface area contributed by atoms with E-state index in [1.807, 2.05) is 12.1 Å². The molecule has 30 heavy (non-hydrogen) atoms. The summed E-state index contributed by atoms with van der Waals surface area (Å²) in [7, 11) is 0. The quantitative estimate of drug-likeness (QED) is 0.328. The SMILES string of the molecule is I.c1ccc(N2CCCC(NC(=NCC3CCCO3)NCCc3ccco3)C2)cc1. The summed E-state index contributed by atoms with van der Waals surface area (Å²) in [6, 6.07) is 15.0. The summed E-state index contributed by atoms with van der Waals surface area (Å²) in [5.41, 5.74) is 1.29. The molecular weight excluding hydrogens is 491 g/mol. The maximum Gasteiger partial charge on any atom is 0.191 e. The molecule has 1 aromatic carbocycles. The molecule has 0 spiro atoms. The van der Waals surface area contributed by atoms with E-state index in [1.165, 1.54) is 12.1 Å². The molecule has 3 heterocycles. The van der Waals surface area contributed by atoms with Gasteiger partial charge in [0.15, 0.2) is 5.96 Å². The second-order valence-corrected chi connectivity index (χ2v) is 7.85. The first-order chi connectivity index (χ1) is 14.4. The van der Waals surface area contributed by atoms with E-state index in [-0.39, 0.29) is 30.1 Å². The zero-order valence-electron chi connectivity index (χ0n) is 17.5. The Balaban J connectivity index is 0.00000256. The number of ether oxygens (including phenoxy) is 1. The highest BCUT2D eigenvalue weighted by atomic mass is 127. The van der Waals surface area contributed by atoms with Crippen LogP contribution in [-0.2, 0) is 11.2 Å². The Bertz CT molecular complexity index is 748. The zero-order valence-corrected chi connectivity index (χ0v) is 19.8. The molecule has 0 aliphatic carbocycles. The molecule has 6 nitrogen and oxygen atoms in total. The Kier molecular flexibility index (Phi) is 9.32. The van der Waals surface area contributed by atoms with Gasteiger partial charge in [0.1, 0.15) is 5.76 Å². The Morgan fingerprint density at radius 1 is 1.10 bits per heavy atom. The van der Waals surface area contributed by atoms with Crippen LogP contribution >= 0.6 is 24.0 Å². The molecule has 0 amide bonds. The van der Waals surface area contributed by atoms with Crippen LogP contribution in [0.25, 0.3) is 0 Å². The first-order valence-corrected chi connectivity index (χ1v) is 10.9. The molecule has 2 aromatic rings. The van der Waals surface area contributed by atoms with Crippen molar-refractivity contribution in [3.05, 3.63) is 54.5 Å². The lowest BCUT2D eigenvalue weighted by atomic mass is 10.0. The normalized spacial score (nSPS) is 21.9. The van der Waals surface area contributed by atoms with Crippen LogP contribution in [-0.4, -0.2) is 50.9 Å². The molecule has 2 aliphatic heterocycles. The molecule has 7 heteroatoms. The van der Waals surface area contributed by atoms with Crippen LogP contribution in [0.5, 0.6) is 0 Å². The minimum Gasteiger partial charge on any atom is -0.469 e. The standard InChI is InChI=1S/C23H32N4O2.HI/c1-2-8-20(9-3-1)27-14-4-7-19(18-27)26-23(25-17-22-11-6-16-29-22)24-13-12-21-10-5-15-28-21;/h1-3,5,8-10,15,19,22H,4,6-7,11-14,16-18H2,(H2,24,25,26);1H. The molecule has 0 saturated carbocycles. The largest absolute Gasteiger partial charge is 0.469 e. The van der Waals surface area contributed by atoms with Gasteiger partial charge < -0.3 is 24.7 Å². The Labute approximate surface area is 196 Å². The number of para-hydroxylation sites is 1. The number of piperidine rings is 1. The summed E-state index contributed by atoms with van der Waals surface area (Å²) in [6.45, 7) is 4.47. The number of nitrogens with zero attached hydrogens (tertiary/aromatic N) is 2. The lowest BCUT2D eigenvalue weighted by Crippen LogP contribution is -2.51. The third kappa shape index (κ3) is 6.91. The molecule has 1 aromatic heterocycles. The Morgan fingerprint density at radius 3 is 2.77 bits per heavy atom. The number of anilines is 1. The number of hydrogen-bond acceptors (Lipinski definition) is 4. The van der Waals surface area contributed by atoms with E-state index < -0.39 is 0 Å². The van der Waals surface area contributed by atoms with Crippen LogP contribution in [0.2, 0.25) is 0 Å². The molecule has 2 unspecified atom stereocenters. The van der Waals surface area contributed by atoms with Crippen LogP contribution in [0.3, 0.4) is 0 Å². The third-order valence-electron chi connectivity index (χ3n) is 5.60. The van der Waals surface area contributed by atoms with Crippen molar-refractivity contribution in [1.29, 1.82) is 0 Å². The van der Waals surface area contributed by atoms with Crippen molar-refractivity contribution in [2.45, 2.75) is 44.2 Å². The number of aliphatic imine (C=N–C) groups is 1. The maximum atomic E-state index is 5.75. The van der Waals surface area contributed by atoms with Crippen molar-refractivity contribution in [2.24, 2.45) is 4.99 Å². The molecule has 2 N–H and O–H groups in total. The molecule has 164 valence electrons. The van der Waals surface area contributed by atoms with Gasteiger partial charge in [-0.05, 0) is 49.9 Å². The van der Waals surface area contributed by atoms with E-state index in [9.17, 15) is 0 Å². The fraction of sp³-hybridized carbons (Fsp3) is 0.522. The summed E-state index contributed by atoms with van der Waals surface area (Å²) in [5.74, 6) is 1.87. The van der Waals surface area contributed by atoms with Crippen molar-refractivity contribution in [2.75, 3.05) is 37.7 Å². The lowest BCUT2D eigenvalue weighted by Gasteiger charge is -2.35. The summed E-state index contributed by atoms with van der Waals surface area (Å²) < 4.78 is 11.2. The van der Waals surface area contributed by atoms with Crippen molar-refractivity contribution in [3.63, 3.8) is 0 Å². The van der Waals surface area contributed by atoms with Gasteiger partial charge in [0.05, 0.1) is 18.9 Å². The summed E-state index contributed by atoms with van der Waals surface area (Å²) >= 11 is 0. The number of benzene rings is 1. The smallest absolute Gasteiger partial charge is 0.191 e. The highest BCUT2D eigenvalue weighted by molar-refractivity contribution is 14.0. The summed E-state index contributed by atoms with van der Waals surface area (Å²) in [6.07, 6.45) is 7.40. The van der Waals surface area contributed by atoms with Gasteiger partial charge in [0.25, 0.3) is 0 Å². The van der Waals surface area contributed by atoms with Crippen molar-refractivity contribution < 1.29 is 9.15 Å². The number of halogens is 1. The number of rotatable bonds is 7. The van der Waals surface area contributed by atoms with Crippen LogP contribution in [0, 0.1) is 0 Å². The molecular formula is C23H33IN4O2. The number of guanidine groups is 1. The minimum absolute atomic E-state index is 0. The van der Waals surface area contributed by atoms with Crippen LogP contribution in [0.1, 0.15) is 31.4 Å². The zero-order chi connectivity index (χ0) is 19.7. The second-order valence-electron chi connectivity index (χ2n) is 7.85. The van der Waals surface area contributed by atoms with Gasteiger partial charge in [0.2, 0.25) is 0 Å². The summed E-state index contributed by atoms with van der Waals surface area (Å²) in [5, 5.41) is 7.16. The average Bonchev–Trinajstić information content (AvgIpc) is 3.47. The number of hydrogen-bond donors (Lipinski definition) is 2. The van der Waals surface area contributed by atoms with Gasteiger partial charge in [-0.25, -0.2) is 0 Å². The maximum absolute atomic E-state index is 5.75.